The second-order valence-electron chi connectivity index (χ2n) is 5.09. The lowest BCUT2D eigenvalue weighted by Gasteiger charge is -2.35. The number of rotatable bonds is 3. The van der Waals surface area contributed by atoms with Crippen molar-refractivity contribution in [1.29, 1.82) is 0 Å². The highest BCUT2D eigenvalue weighted by Gasteiger charge is 2.51. The normalized spacial score (nSPS) is 23.1. The number of halogens is 2. The van der Waals surface area contributed by atoms with Gasteiger partial charge in [0, 0.05) is 24.4 Å². The van der Waals surface area contributed by atoms with Crippen LogP contribution in [0.2, 0.25) is 0 Å². The van der Waals surface area contributed by atoms with Gasteiger partial charge in [0.2, 0.25) is 0 Å². The molecule has 2 rings (SSSR count). The van der Waals surface area contributed by atoms with Gasteiger partial charge in [-0.15, -0.1) is 11.3 Å². The van der Waals surface area contributed by atoms with Crippen LogP contribution in [-0.2, 0) is 14.8 Å². The molecule has 21 heavy (non-hydrogen) atoms. The maximum Gasteiger partial charge on any atom is 0.313 e. The van der Waals surface area contributed by atoms with E-state index in [-0.39, 0.29) is 10.8 Å². The molecule has 1 aromatic heterocycles. The summed E-state index contributed by atoms with van der Waals surface area (Å²) in [5.41, 5.74) is 0.543. The number of carboxylic acids is 1. The largest absolute Gasteiger partial charge is 0.481 e. The number of aryl methyl sites for hydroxylation is 2. The second kappa shape index (κ2) is 5.29. The molecule has 1 fully saturated rings. The zero-order valence-electron chi connectivity index (χ0n) is 11.5. The summed E-state index contributed by atoms with van der Waals surface area (Å²) < 4.78 is 53.1. The monoisotopic (exact) mass is 339 g/mol. The molecule has 1 atom stereocenters. The minimum Gasteiger partial charge on any atom is -0.481 e. The van der Waals surface area contributed by atoms with E-state index >= 15 is 0 Å². The summed E-state index contributed by atoms with van der Waals surface area (Å²) >= 11 is 1.06. The Morgan fingerprint density at radius 3 is 2.57 bits per heavy atom. The Morgan fingerprint density at radius 1 is 1.48 bits per heavy atom. The van der Waals surface area contributed by atoms with Crippen LogP contribution in [0.3, 0.4) is 0 Å². The molecule has 0 bridgehead atoms. The van der Waals surface area contributed by atoms with Gasteiger partial charge in [0.05, 0.1) is 0 Å². The molecule has 1 aromatic rings. The maximum absolute atomic E-state index is 13.6. The molecular weight excluding hydrogens is 324 g/mol. The van der Waals surface area contributed by atoms with Crippen molar-refractivity contribution in [3.8, 4) is 0 Å². The minimum absolute atomic E-state index is 0.0920. The number of carboxylic acid groups (broad SMARTS) is 1. The molecule has 0 saturated carbocycles. The number of piperidine rings is 1. The van der Waals surface area contributed by atoms with Crippen molar-refractivity contribution in [1.82, 2.24) is 4.31 Å². The number of hydrogen-bond donors (Lipinski definition) is 1. The molecule has 0 aliphatic carbocycles. The summed E-state index contributed by atoms with van der Waals surface area (Å²) in [6, 6.07) is 1.70. The van der Waals surface area contributed by atoms with Crippen molar-refractivity contribution in [3.05, 3.63) is 16.5 Å². The molecule has 1 saturated heterocycles. The Kier molecular flexibility index (Phi) is 4.11. The van der Waals surface area contributed by atoms with Gasteiger partial charge in [-0.1, -0.05) is 0 Å². The van der Waals surface area contributed by atoms with Gasteiger partial charge in [0.25, 0.3) is 15.9 Å². The molecule has 0 radical (unpaired) electrons. The van der Waals surface area contributed by atoms with Crippen molar-refractivity contribution in [3.63, 3.8) is 0 Å². The third-order valence-corrected chi connectivity index (χ3v) is 7.09. The van der Waals surface area contributed by atoms with Crippen LogP contribution in [0.25, 0.3) is 0 Å². The highest BCUT2D eigenvalue weighted by molar-refractivity contribution is 7.91. The number of carbonyl (C=O) groups is 1. The lowest BCUT2D eigenvalue weighted by Crippen LogP contribution is -2.52. The minimum atomic E-state index is -3.93. The summed E-state index contributed by atoms with van der Waals surface area (Å²) in [7, 11) is -3.93. The molecule has 0 aromatic carbocycles. The molecule has 1 aliphatic rings. The van der Waals surface area contributed by atoms with Gasteiger partial charge in [0.15, 0.2) is 0 Å². The first-order valence-corrected chi connectivity index (χ1v) is 8.49. The number of sulfonamides is 1. The molecule has 5 nitrogen and oxygen atoms in total. The SMILES string of the molecule is Cc1cc(C)c(S(=O)(=O)N2CCC(F)(F)C(C(=O)O)C2)s1. The average Bonchev–Trinajstić information content (AvgIpc) is 2.67. The fourth-order valence-electron chi connectivity index (χ4n) is 2.35. The zero-order chi connectivity index (χ0) is 16.0. The molecule has 9 heteroatoms. The average molecular weight is 339 g/mol. The summed E-state index contributed by atoms with van der Waals surface area (Å²) in [4.78, 5) is 11.7. The van der Waals surface area contributed by atoms with Gasteiger partial charge < -0.3 is 5.11 Å². The molecule has 0 amide bonds. The molecule has 118 valence electrons. The van der Waals surface area contributed by atoms with E-state index in [1.165, 1.54) is 0 Å². The van der Waals surface area contributed by atoms with E-state index in [1.54, 1.807) is 19.9 Å². The molecule has 0 spiro atoms. The van der Waals surface area contributed by atoms with E-state index in [2.05, 4.69) is 0 Å². The van der Waals surface area contributed by atoms with Crippen LogP contribution in [0.4, 0.5) is 8.78 Å². The third-order valence-electron chi connectivity index (χ3n) is 3.46. The van der Waals surface area contributed by atoms with Gasteiger partial charge in [-0.3, -0.25) is 4.79 Å². The molecule has 1 aliphatic heterocycles. The smallest absolute Gasteiger partial charge is 0.313 e. The van der Waals surface area contributed by atoms with Crippen molar-refractivity contribution in [2.75, 3.05) is 13.1 Å². The van der Waals surface area contributed by atoms with Gasteiger partial charge in [0.1, 0.15) is 10.1 Å². The van der Waals surface area contributed by atoms with E-state index in [4.69, 9.17) is 5.11 Å². The summed E-state index contributed by atoms with van der Waals surface area (Å²) in [5, 5.41) is 8.89. The summed E-state index contributed by atoms with van der Waals surface area (Å²) in [6.45, 7) is 2.29. The number of thiophene rings is 1. The van der Waals surface area contributed by atoms with Crippen LogP contribution < -0.4 is 0 Å². The molecular formula is C12H15F2NO4S2. The number of aliphatic carboxylic acids is 1. The maximum atomic E-state index is 13.6. The Morgan fingerprint density at radius 2 is 2.10 bits per heavy atom. The molecule has 2 heterocycles. The fraction of sp³-hybridized carbons (Fsp3) is 0.583. The van der Waals surface area contributed by atoms with Crippen LogP contribution in [0, 0.1) is 19.8 Å². The van der Waals surface area contributed by atoms with Gasteiger partial charge in [-0.2, -0.15) is 4.31 Å². The van der Waals surface area contributed by atoms with Crippen LogP contribution in [0.15, 0.2) is 10.3 Å². The van der Waals surface area contributed by atoms with E-state index in [1.807, 2.05) is 0 Å². The van der Waals surface area contributed by atoms with Crippen LogP contribution >= 0.6 is 11.3 Å². The number of nitrogens with zero attached hydrogens (tertiary/aromatic N) is 1. The van der Waals surface area contributed by atoms with Crippen molar-refractivity contribution < 1.29 is 27.1 Å². The van der Waals surface area contributed by atoms with Crippen LogP contribution in [0.1, 0.15) is 16.9 Å². The van der Waals surface area contributed by atoms with Gasteiger partial charge >= 0.3 is 5.97 Å². The van der Waals surface area contributed by atoms with Crippen molar-refractivity contribution >= 4 is 27.3 Å². The molecule has 1 unspecified atom stereocenters. The highest BCUT2D eigenvalue weighted by atomic mass is 32.2. The lowest BCUT2D eigenvalue weighted by molar-refractivity contribution is -0.163. The predicted octanol–water partition coefficient (Wildman–Crippen LogP) is 2.10. The lowest BCUT2D eigenvalue weighted by atomic mass is 9.95. The van der Waals surface area contributed by atoms with Gasteiger partial charge in [-0.05, 0) is 25.5 Å². The first-order chi connectivity index (χ1) is 9.55. The predicted molar refractivity (Wildman–Crippen MR) is 73.2 cm³/mol. The van der Waals surface area contributed by atoms with E-state index in [9.17, 15) is 22.0 Å². The van der Waals surface area contributed by atoms with Crippen LogP contribution in [-0.4, -0.2) is 42.8 Å². The Bertz CT molecular complexity index is 669. The fourth-order valence-corrected chi connectivity index (χ4v) is 5.60. The summed E-state index contributed by atoms with van der Waals surface area (Å²) in [5.74, 6) is -7.08. The topological polar surface area (TPSA) is 74.7 Å². The van der Waals surface area contributed by atoms with E-state index in [0.29, 0.717) is 5.56 Å². The van der Waals surface area contributed by atoms with Crippen molar-refractivity contribution in [2.24, 2.45) is 5.92 Å². The third kappa shape index (κ3) is 2.95. The Labute approximate surface area is 125 Å². The quantitative estimate of drug-likeness (QED) is 0.915. The second-order valence-corrected chi connectivity index (χ2v) is 8.48. The van der Waals surface area contributed by atoms with E-state index < -0.39 is 40.8 Å². The zero-order valence-corrected chi connectivity index (χ0v) is 13.1. The molecule has 1 N–H and O–H groups in total. The number of alkyl halides is 2. The first-order valence-electron chi connectivity index (χ1n) is 6.23. The Balaban J connectivity index is 2.34. The first kappa shape index (κ1) is 16.3. The number of hydrogen-bond acceptors (Lipinski definition) is 4. The standard InChI is InChI=1S/C12H15F2NO4S2/c1-7-5-8(2)20-11(7)21(18,19)15-4-3-12(13,14)9(6-15)10(16)17/h5,9H,3-4,6H2,1-2H3,(H,16,17). The summed E-state index contributed by atoms with van der Waals surface area (Å²) in [6.07, 6.45) is -0.785. The Hall–Kier alpha value is -1.06. The van der Waals surface area contributed by atoms with E-state index in [0.717, 1.165) is 20.5 Å². The highest BCUT2D eigenvalue weighted by Crippen LogP contribution is 2.37. The van der Waals surface area contributed by atoms with Crippen molar-refractivity contribution in [2.45, 2.75) is 30.4 Å². The van der Waals surface area contributed by atoms with Gasteiger partial charge in [-0.25, -0.2) is 17.2 Å². The van der Waals surface area contributed by atoms with Crippen LogP contribution in [0.5, 0.6) is 0 Å².